The molecule has 22 heavy (non-hydrogen) atoms. The molecule has 0 bridgehead atoms. The van der Waals surface area contributed by atoms with Crippen molar-refractivity contribution in [2.75, 3.05) is 14.2 Å². The molecule has 1 saturated carbocycles. The number of aliphatic imine (C=N–C) groups is 1. The summed E-state index contributed by atoms with van der Waals surface area (Å²) >= 11 is 0. The third-order valence-corrected chi connectivity index (χ3v) is 4.18. The normalized spacial score (nSPS) is 17.0. The molecule has 0 atom stereocenters. The van der Waals surface area contributed by atoms with E-state index < -0.39 is 11.5 Å². The van der Waals surface area contributed by atoms with Gasteiger partial charge >= 0.3 is 0 Å². The fraction of sp³-hybridized carbons (Fsp3) is 0.562. The molecule has 0 heterocycles. The highest BCUT2D eigenvalue weighted by Gasteiger charge is 2.39. The van der Waals surface area contributed by atoms with E-state index >= 15 is 0 Å². The van der Waals surface area contributed by atoms with Gasteiger partial charge < -0.3 is 9.47 Å². The number of ether oxygens (including phenoxy) is 2. The Bertz CT molecular complexity index is 598. The number of methoxy groups -OCH3 is 2. The quantitative estimate of drug-likeness (QED) is 0.611. The van der Waals surface area contributed by atoms with Gasteiger partial charge in [-0.05, 0) is 30.5 Å². The molecule has 6 heteroatoms. The molecule has 0 radical (unpaired) electrons. The Balaban J connectivity index is 2.69. The van der Waals surface area contributed by atoms with Gasteiger partial charge in [0.25, 0.3) is 5.92 Å². The van der Waals surface area contributed by atoms with Gasteiger partial charge in [-0.3, -0.25) is 0 Å². The van der Waals surface area contributed by atoms with Crippen LogP contribution in [-0.2, 0) is 16.3 Å². The van der Waals surface area contributed by atoms with Crippen molar-refractivity contribution >= 4 is 6.08 Å². The van der Waals surface area contributed by atoms with Gasteiger partial charge in [0.15, 0.2) is 11.5 Å². The van der Waals surface area contributed by atoms with Crippen molar-refractivity contribution in [3.63, 3.8) is 0 Å². The average molecular weight is 311 g/mol. The minimum Gasteiger partial charge on any atom is -0.493 e. The second kappa shape index (κ2) is 6.05. The molecule has 0 amide bonds. The van der Waals surface area contributed by atoms with E-state index in [0.717, 1.165) is 19.8 Å². The Labute approximate surface area is 128 Å². The van der Waals surface area contributed by atoms with Gasteiger partial charge in [-0.2, -0.15) is 4.99 Å². The lowest BCUT2D eigenvalue weighted by Gasteiger charge is -2.26. The molecule has 4 nitrogen and oxygen atoms in total. The highest BCUT2D eigenvalue weighted by atomic mass is 19.3. The maximum absolute atomic E-state index is 14.0. The van der Waals surface area contributed by atoms with Crippen molar-refractivity contribution in [3.05, 3.63) is 23.3 Å². The van der Waals surface area contributed by atoms with Crippen LogP contribution in [0.2, 0.25) is 0 Å². The SMILES string of the molecule is COc1cc(C2(N=C=O)CCCC2)cc(C(C)(F)F)c1OC. The number of carbonyl (C=O) groups excluding carboxylic acids is 1. The van der Waals surface area contributed by atoms with E-state index in [1.165, 1.54) is 20.3 Å². The third kappa shape index (κ3) is 2.83. The summed E-state index contributed by atoms with van der Waals surface area (Å²) in [7, 11) is 2.71. The minimum atomic E-state index is -3.10. The third-order valence-electron chi connectivity index (χ3n) is 4.18. The summed E-state index contributed by atoms with van der Waals surface area (Å²) in [5.41, 5.74) is -0.513. The Morgan fingerprint density at radius 1 is 1.23 bits per heavy atom. The van der Waals surface area contributed by atoms with Gasteiger partial charge in [0.2, 0.25) is 6.08 Å². The molecule has 2 rings (SSSR count). The van der Waals surface area contributed by atoms with Gasteiger partial charge in [-0.25, -0.2) is 13.6 Å². The van der Waals surface area contributed by atoms with Crippen LogP contribution in [0.3, 0.4) is 0 Å². The molecule has 0 unspecified atom stereocenters. The van der Waals surface area contributed by atoms with Gasteiger partial charge in [0.1, 0.15) is 0 Å². The van der Waals surface area contributed by atoms with E-state index in [0.29, 0.717) is 18.4 Å². The maximum Gasteiger partial charge on any atom is 0.274 e. The van der Waals surface area contributed by atoms with Crippen LogP contribution >= 0.6 is 0 Å². The molecule has 0 aromatic heterocycles. The minimum absolute atomic E-state index is 0.00183. The molecule has 0 spiro atoms. The standard InChI is InChI=1S/C16H19F2NO3/c1-15(17,18)12-8-11(9-13(21-2)14(12)22-3)16(19-10-20)6-4-5-7-16/h8-9H,4-7H2,1-3H3. The first kappa shape index (κ1) is 16.4. The summed E-state index contributed by atoms with van der Waals surface area (Å²) in [6, 6.07) is 2.99. The van der Waals surface area contributed by atoms with Crippen LogP contribution in [0.4, 0.5) is 8.78 Å². The van der Waals surface area contributed by atoms with E-state index in [2.05, 4.69) is 4.99 Å². The second-order valence-corrected chi connectivity index (χ2v) is 5.59. The molecular weight excluding hydrogens is 292 g/mol. The molecular formula is C16H19F2NO3. The summed E-state index contributed by atoms with van der Waals surface area (Å²) in [4.78, 5) is 14.7. The van der Waals surface area contributed by atoms with Crippen LogP contribution in [0.5, 0.6) is 11.5 Å². The van der Waals surface area contributed by atoms with E-state index in [1.54, 1.807) is 12.1 Å². The van der Waals surface area contributed by atoms with Gasteiger partial charge in [-0.1, -0.05) is 12.8 Å². The van der Waals surface area contributed by atoms with Crippen molar-refractivity contribution in [2.45, 2.75) is 44.1 Å². The number of nitrogens with zero attached hydrogens (tertiary/aromatic N) is 1. The van der Waals surface area contributed by atoms with Gasteiger partial charge in [-0.15, -0.1) is 0 Å². The number of hydrogen-bond acceptors (Lipinski definition) is 4. The lowest BCUT2D eigenvalue weighted by atomic mass is 9.86. The summed E-state index contributed by atoms with van der Waals surface area (Å²) in [6.45, 7) is 0.804. The van der Waals surface area contributed by atoms with Crippen molar-refractivity contribution in [1.82, 2.24) is 0 Å². The fourth-order valence-corrected chi connectivity index (χ4v) is 3.07. The van der Waals surface area contributed by atoms with Gasteiger partial charge in [0, 0.05) is 6.92 Å². The molecule has 120 valence electrons. The number of rotatable bonds is 5. The highest BCUT2D eigenvalue weighted by Crippen LogP contribution is 2.48. The molecule has 0 N–H and O–H groups in total. The summed E-state index contributed by atoms with van der Waals surface area (Å²) < 4.78 is 38.2. The summed E-state index contributed by atoms with van der Waals surface area (Å²) in [6.07, 6.45) is 4.62. The average Bonchev–Trinajstić information content (AvgIpc) is 2.95. The van der Waals surface area contributed by atoms with Crippen LogP contribution in [0.25, 0.3) is 0 Å². The molecule has 1 aliphatic carbocycles. The van der Waals surface area contributed by atoms with Crippen molar-refractivity contribution in [1.29, 1.82) is 0 Å². The Morgan fingerprint density at radius 3 is 2.32 bits per heavy atom. The van der Waals surface area contributed by atoms with E-state index in [1.807, 2.05) is 0 Å². The summed E-state index contributed by atoms with van der Waals surface area (Å²) in [5, 5.41) is 0. The van der Waals surface area contributed by atoms with Crippen molar-refractivity contribution in [2.24, 2.45) is 4.99 Å². The Hall–Kier alpha value is -1.94. The first-order valence-electron chi connectivity index (χ1n) is 7.12. The van der Waals surface area contributed by atoms with E-state index in [-0.39, 0.29) is 17.1 Å². The predicted molar refractivity (Wildman–Crippen MR) is 77.4 cm³/mol. The van der Waals surface area contributed by atoms with Crippen LogP contribution in [0.15, 0.2) is 17.1 Å². The first-order valence-corrected chi connectivity index (χ1v) is 7.12. The molecule has 1 aliphatic rings. The maximum atomic E-state index is 14.0. The predicted octanol–water partition coefficient (Wildman–Crippen LogP) is 3.92. The van der Waals surface area contributed by atoms with E-state index in [9.17, 15) is 13.6 Å². The largest absolute Gasteiger partial charge is 0.493 e. The van der Waals surface area contributed by atoms with Crippen LogP contribution in [0.1, 0.15) is 43.7 Å². The molecule has 1 aromatic rings. The van der Waals surface area contributed by atoms with Crippen LogP contribution < -0.4 is 9.47 Å². The number of halogens is 2. The number of benzene rings is 1. The zero-order valence-electron chi connectivity index (χ0n) is 12.9. The zero-order valence-corrected chi connectivity index (χ0v) is 12.9. The molecule has 0 saturated heterocycles. The molecule has 1 fully saturated rings. The Morgan fingerprint density at radius 2 is 1.86 bits per heavy atom. The fourth-order valence-electron chi connectivity index (χ4n) is 3.07. The van der Waals surface area contributed by atoms with E-state index in [4.69, 9.17) is 9.47 Å². The molecule has 0 aliphatic heterocycles. The van der Waals surface area contributed by atoms with Crippen molar-refractivity contribution < 1.29 is 23.0 Å². The number of hydrogen-bond donors (Lipinski definition) is 0. The first-order chi connectivity index (χ1) is 10.4. The monoisotopic (exact) mass is 311 g/mol. The van der Waals surface area contributed by atoms with Gasteiger partial charge in [0.05, 0.1) is 25.3 Å². The Kier molecular flexibility index (Phi) is 4.52. The lowest BCUT2D eigenvalue weighted by molar-refractivity contribution is 0.0145. The van der Waals surface area contributed by atoms with Crippen LogP contribution in [-0.4, -0.2) is 20.3 Å². The molecule has 1 aromatic carbocycles. The van der Waals surface area contributed by atoms with Crippen molar-refractivity contribution in [3.8, 4) is 11.5 Å². The van der Waals surface area contributed by atoms with Crippen LogP contribution in [0, 0.1) is 0 Å². The second-order valence-electron chi connectivity index (χ2n) is 5.59. The smallest absolute Gasteiger partial charge is 0.274 e. The number of alkyl halides is 2. The number of isocyanates is 1. The topological polar surface area (TPSA) is 47.9 Å². The zero-order chi connectivity index (χ0) is 16.4. The summed E-state index contributed by atoms with van der Waals surface area (Å²) in [5.74, 6) is -2.88. The highest BCUT2D eigenvalue weighted by molar-refractivity contribution is 5.53. The lowest BCUT2D eigenvalue weighted by Crippen LogP contribution is -2.21.